The van der Waals surface area contributed by atoms with Crippen LogP contribution in [-0.4, -0.2) is 17.7 Å². The Hall–Kier alpha value is -2.33. The Morgan fingerprint density at radius 2 is 1.85 bits per heavy atom. The van der Waals surface area contributed by atoms with E-state index in [1.54, 1.807) is 0 Å². The second-order valence-corrected chi connectivity index (χ2v) is 8.04. The van der Waals surface area contributed by atoms with E-state index in [0.29, 0.717) is 6.61 Å². The molecule has 1 N–H and O–H groups in total. The predicted octanol–water partition coefficient (Wildman–Crippen LogP) is 5.21. The molecule has 1 unspecified atom stereocenters. The minimum atomic E-state index is -0.879. The molecule has 0 saturated heterocycles. The molecule has 0 spiro atoms. The molecule has 27 heavy (non-hydrogen) atoms. The lowest BCUT2D eigenvalue weighted by Crippen LogP contribution is -2.29. The highest BCUT2D eigenvalue weighted by Crippen LogP contribution is 2.46. The van der Waals surface area contributed by atoms with E-state index in [0.717, 1.165) is 17.7 Å². The van der Waals surface area contributed by atoms with Crippen LogP contribution in [-0.2, 0) is 20.5 Å². The van der Waals surface area contributed by atoms with Crippen LogP contribution in [0.5, 0.6) is 5.75 Å². The molecule has 0 aromatic heterocycles. The van der Waals surface area contributed by atoms with E-state index in [9.17, 15) is 9.90 Å². The van der Waals surface area contributed by atoms with E-state index < -0.39 is 11.6 Å². The van der Waals surface area contributed by atoms with Gasteiger partial charge in [-0.3, -0.25) is 4.79 Å². The maximum atomic E-state index is 11.2. The van der Waals surface area contributed by atoms with E-state index in [1.807, 2.05) is 38.1 Å². The summed E-state index contributed by atoms with van der Waals surface area (Å²) in [4.78, 5) is 11.2. The molecular weight excluding hydrogens is 340 g/mol. The van der Waals surface area contributed by atoms with Crippen LogP contribution >= 0.6 is 0 Å². The number of hydrogen-bond donors (Lipinski definition) is 1. The summed E-state index contributed by atoms with van der Waals surface area (Å²) >= 11 is 0. The van der Waals surface area contributed by atoms with Gasteiger partial charge in [-0.2, -0.15) is 0 Å². The van der Waals surface area contributed by atoms with E-state index in [2.05, 4.69) is 38.1 Å². The van der Waals surface area contributed by atoms with Gasteiger partial charge in [0, 0.05) is 6.61 Å². The fourth-order valence-corrected chi connectivity index (χ4v) is 4.08. The van der Waals surface area contributed by atoms with Crippen molar-refractivity contribution in [2.45, 2.75) is 57.7 Å². The molecule has 1 aliphatic carbocycles. The van der Waals surface area contributed by atoms with E-state index in [4.69, 9.17) is 9.47 Å². The van der Waals surface area contributed by atoms with Gasteiger partial charge in [0.25, 0.3) is 0 Å². The van der Waals surface area contributed by atoms with Crippen LogP contribution in [0, 0.1) is 0 Å². The highest BCUT2D eigenvalue weighted by Gasteiger charge is 2.38. The van der Waals surface area contributed by atoms with E-state index in [-0.39, 0.29) is 17.9 Å². The van der Waals surface area contributed by atoms with Crippen molar-refractivity contribution in [1.29, 1.82) is 0 Å². The Morgan fingerprint density at radius 1 is 1.19 bits per heavy atom. The van der Waals surface area contributed by atoms with Crippen LogP contribution in [0.1, 0.15) is 63.3 Å². The van der Waals surface area contributed by atoms with Gasteiger partial charge in [0.2, 0.25) is 0 Å². The van der Waals surface area contributed by atoms with Crippen molar-refractivity contribution in [1.82, 2.24) is 0 Å². The fraction of sp³-hybridized carbons (Fsp3) is 0.435. The van der Waals surface area contributed by atoms with Crippen LogP contribution in [0.25, 0.3) is 0 Å². The third-order valence-corrected chi connectivity index (χ3v) is 5.43. The maximum Gasteiger partial charge on any atom is 0.306 e. The number of aliphatic carboxylic acids is 1. The summed E-state index contributed by atoms with van der Waals surface area (Å²) in [5.74, 6) is -0.0958. The van der Waals surface area contributed by atoms with Crippen molar-refractivity contribution < 1.29 is 19.4 Å². The summed E-state index contributed by atoms with van der Waals surface area (Å²) in [5, 5.41) is 9.22. The Kier molecular flexibility index (Phi) is 5.29. The minimum absolute atomic E-state index is 0.0272. The average molecular weight is 368 g/mol. The van der Waals surface area contributed by atoms with Gasteiger partial charge < -0.3 is 14.6 Å². The topological polar surface area (TPSA) is 55.8 Å². The molecule has 2 aromatic carbocycles. The predicted molar refractivity (Wildman–Crippen MR) is 105 cm³/mol. The summed E-state index contributed by atoms with van der Waals surface area (Å²) in [7, 11) is 0. The number of carbonyl (C=O) groups is 1. The Balaban J connectivity index is 1.80. The quantitative estimate of drug-likeness (QED) is 0.728. The van der Waals surface area contributed by atoms with Gasteiger partial charge in [-0.05, 0) is 54.5 Å². The summed E-state index contributed by atoms with van der Waals surface area (Å²) in [6.45, 7) is 8.64. The highest BCUT2D eigenvalue weighted by molar-refractivity contribution is 5.68. The van der Waals surface area contributed by atoms with Crippen LogP contribution in [0.4, 0.5) is 0 Å². The van der Waals surface area contributed by atoms with Crippen LogP contribution < -0.4 is 4.74 Å². The third-order valence-electron chi connectivity index (χ3n) is 5.43. The zero-order chi connectivity index (χ0) is 19.7. The third kappa shape index (κ3) is 4.01. The largest absolute Gasteiger partial charge is 0.486 e. The van der Waals surface area contributed by atoms with Crippen molar-refractivity contribution in [2.24, 2.45) is 0 Å². The number of fused-ring (bicyclic) bond motifs is 1. The lowest BCUT2D eigenvalue weighted by molar-refractivity contribution is -0.145. The number of carboxylic acid groups (broad SMARTS) is 1. The normalized spacial score (nSPS) is 19.9. The van der Waals surface area contributed by atoms with Gasteiger partial charge in [0.1, 0.15) is 17.5 Å². The molecule has 0 heterocycles. The van der Waals surface area contributed by atoms with Gasteiger partial charge in [0.05, 0.1) is 6.42 Å². The Morgan fingerprint density at radius 3 is 2.48 bits per heavy atom. The zero-order valence-electron chi connectivity index (χ0n) is 16.5. The Labute approximate surface area is 161 Å². The fourth-order valence-electron chi connectivity index (χ4n) is 4.08. The number of ether oxygens (including phenoxy) is 2. The van der Waals surface area contributed by atoms with Crippen molar-refractivity contribution >= 4 is 5.97 Å². The summed E-state index contributed by atoms with van der Waals surface area (Å²) in [6, 6.07) is 16.1. The van der Waals surface area contributed by atoms with Crippen LogP contribution in [0.3, 0.4) is 0 Å². The second-order valence-electron chi connectivity index (χ2n) is 8.04. The first-order chi connectivity index (χ1) is 12.7. The lowest BCUT2D eigenvalue weighted by Gasteiger charge is -2.28. The molecule has 2 aromatic rings. The first-order valence-corrected chi connectivity index (χ1v) is 9.47. The summed E-state index contributed by atoms with van der Waals surface area (Å²) in [5.41, 5.74) is 2.68. The van der Waals surface area contributed by atoms with Crippen LogP contribution in [0.2, 0.25) is 0 Å². The van der Waals surface area contributed by atoms with Crippen molar-refractivity contribution in [3.05, 3.63) is 65.2 Å². The van der Waals surface area contributed by atoms with E-state index in [1.165, 1.54) is 11.1 Å². The first kappa shape index (κ1) is 19.4. The number of benzene rings is 2. The molecule has 0 amide bonds. The van der Waals surface area contributed by atoms with Gasteiger partial charge in [-0.1, -0.05) is 50.2 Å². The van der Waals surface area contributed by atoms with Gasteiger partial charge in [-0.25, -0.2) is 0 Å². The molecule has 4 heteroatoms. The molecule has 0 aliphatic heterocycles. The molecule has 0 saturated carbocycles. The maximum absolute atomic E-state index is 11.2. The van der Waals surface area contributed by atoms with Crippen molar-refractivity contribution in [3.8, 4) is 5.75 Å². The summed E-state index contributed by atoms with van der Waals surface area (Å²) < 4.78 is 12.0. The molecule has 0 radical (unpaired) electrons. The minimum Gasteiger partial charge on any atom is -0.486 e. The van der Waals surface area contributed by atoms with Gasteiger partial charge in [-0.15, -0.1) is 0 Å². The number of rotatable bonds is 7. The molecule has 4 nitrogen and oxygen atoms in total. The van der Waals surface area contributed by atoms with Crippen molar-refractivity contribution in [2.75, 3.05) is 6.61 Å². The van der Waals surface area contributed by atoms with Gasteiger partial charge in [0.15, 0.2) is 0 Å². The molecule has 144 valence electrons. The standard InChI is InChI=1S/C23H28O4/c1-5-26-23(4,15-21(24)25)16-10-12-17(13-11-16)27-20-14-22(2,3)19-9-7-6-8-18(19)20/h6-13,20H,5,14-15H2,1-4H3,(H,24,25)/t20?,23-/m0/s1. The number of hydrogen-bond acceptors (Lipinski definition) is 3. The summed E-state index contributed by atoms with van der Waals surface area (Å²) in [6.07, 6.45) is 0.883. The van der Waals surface area contributed by atoms with Gasteiger partial charge >= 0.3 is 5.97 Å². The molecular formula is C23H28O4. The smallest absolute Gasteiger partial charge is 0.306 e. The average Bonchev–Trinajstić information content (AvgIpc) is 2.86. The van der Waals surface area contributed by atoms with E-state index >= 15 is 0 Å². The zero-order valence-corrected chi connectivity index (χ0v) is 16.5. The SMILES string of the molecule is CCO[C@@](C)(CC(=O)O)c1ccc(OC2CC(C)(C)c3ccccc32)cc1. The Bertz CT molecular complexity index is 809. The van der Waals surface area contributed by atoms with Crippen LogP contribution in [0.15, 0.2) is 48.5 Å². The second kappa shape index (κ2) is 7.35. The monoisotopic (exact) mass is 368 g/mol. The molecule has 0 fully saturated rings. The van der Waals surface area contributed by atoms with Crippen molar-refractivity contribution in [3.63, 3.8) is 0 Å². The highest BCUT2D eigenvalue weighted by atomic mass is 16.5. The molecule has 2 atom stereocenters. The first-order valence-electron chi connectivity index (χ1n) is 9.47. The lowest BCUT2D eigenvalue weighted by atomic mass is 9.87. The number of carboxylic acids is 1. The molecule has 1 aliphatic rings. The molecule has 0 bridgehead atoms. The molecule has 3 rings (SSSR count).